The molecule has 0 aromatic carbocycles. The number of fused-ring (bicyclic) bond motifs is 2. The number of carbonyl (C=O) groups is 2. The van der Waals surface area contributed by atoms with Gasteiger partial charge in [-0.15, -0.1) is 11.8 Å². The highest BCUT2D eigenvalue weighted by Crippen LogP contribution is 2.55. The number of methoxy groups -OCH3 is 1. The Morgan fingerprint density at radius 2 is 2.00 bits per heavy atom. The van der Waals surface area contributed by atoms with Crippen molar-refractivity contribution < 1.29 is 19.4 Å². The maximum atomic E-state index is 13.7. The number of nitrogens with zero attached hydrogens (tertiary/aromatic N) is 2. The minimum atomic E-state index is -0.504. The van der Waals surface area contributed by atoms with E-state index < -0.39 is 5.60 Å². The lowest BCUT2D eigenvalue weighted by Gasteiger charge is -2.33. The molecule has 1 aliphatic heterocycles. The van der Waals surface area contributed by atoms with E-state index in [1.165, 1.54) is 39.2 Å². The second-order valence-corrected chi connectivity index (χ2v) is 13.7. The second-order valence-electron chi connectivity index (χ2n) is 12.4. The third kappa shape index (κ3) is 5.38. The summed E-state index contributed by atoms with van der Waals surface area (Å²) >= 11 is 1.77. The number of hydrogen-bond donors (Lipinski definition) is 2. The standard InChI is InChI=1S/C29H41N3O4S/c1-36-26(33)13-19-10-11-32(17-19)25-9-7-22(28(31-25)37-21-4-2-3-5-21)27(34)30-24-8-6-18-12-20-15-29(35,14-18)16-23(20)24/h7,9,18-21,23-24,35H,2-6,8,10-17H2,1H3,(H,30,34)/t18?,19-,20?,23?,24-,29-/m0/s1. The predicted molar refractivity (Wildman–Crippen MR) is 144 cm³/mol. The number of aliphatic hydroxyl groups is 1. The van der Waals surface area contributed by atoms with Crippen LogP contribution >= 0.6 is 11.8 Å². The van der Waals surface area contributed by atoms with Gasteiger partial charge < -0.3 is 20.1 Å². The molecule has 1 aromatic heterocycles. The highest BCUT2D eigenvalue weighted by atomic mass is 32.2. The SMILES string of the molecule is COC(=O)C[C@@H]1CCN(c2ccc(C(=O)N[C@H]3CCC4CC5C[C@@](O)(C4)CC53)c(SC3CCCC3)n2)C1. The first-order valence-corrected chi connectivity index (χ1v) is 15.3. The Hall–Kier alpha value is -1.80. The Morgan fingerprint density at radius 1 is 1.16 bits per heavy atom. The van der Waals surface area contributed by atoms with E-state index in [-0.39, 0.29) is 23.8 Å². The summed E-state index contributed by atoms with van der Waals surface area (Å²) in [6.07, 6.45) is 12.2. The second kappa shape index (κ2) is 10.4. The van der Waals surface area contributed by atoms with Crippen molar-refractivity contribution in [3.63, 3.8) is 0 Å². The summed E-state index contributed by atoms with van der Waals surface area (Å²) in [7, 11) is 1.44. The Kier molecular flexibility index (Phi) is 7.16. The Labute approximate surface area is 224 Å². The summed E-state index contributed by atoms with van der Waals surface area (Å²) in [5.41, 5.74) is 0.184. The normalized spacial score (nSPS) is 35.1. The Balaban J connectivity index is 1.19. The highest BCUT2D eigenvalue weighted by Gasteiger charge is 2.53. The average Bonchev–Trinajstić information content (AvgIpc) is 3.59. The van der Waals surface area contributed by atoms with E-state index in [2.05, 4.69) is 10.2 Å². The number of ether oxygens (including phenoxy) is 1. The molecule has 7 nitrogen and oxygen atoms in total. The van der Waals surface area contributed by atoms with Gasteiger partial charge in [0.25, 0.3) is 5.91 Å². The summed E-state index contributed by atoms with van der Waals surface area (Å²) in [6.45, 7) is 1.65. The van der Waals surface area contributed by atoms with Crippen LogP contribution in [0.25, 0.3) is 0 Å². The molecule has 6 atom stereocenters. The minimum Gasteiger partial charge on any atom is -0.469 e. The average molecular weight is 528 g/mol. The van der Waals surface area contributed by atoms with E-state index in [1.54, 1.807) is 11.8 Å². The quantitative estimate of drug-likeness (QED) is 0.502. The molecular weight excluding hydrogens is 486 g/mol. The van der Waals surface area contributed by atoms with Crippen molar-refractivity contribution in [2.45, 2.75) is 99.0 Å². The van der Waals surface area contributed by atoms with Gasteiger partial charge in [-0.05, 0) is 93.6 Å². The monoisotopic (exact) mass is 527 g/mol. The Morgan fingerprint density at radius 3 is 2.81 bits per heavy atom. The van der Waals surface area contributed by atoms with Crippen molar-refractivity contribution in [3.05, 3.63) is 17.7 Å². The summed E-state index contributed by atoms with van der Waals surface area (Å²) in [4.78, 5) is 32.8. The van der Waals surface area contributed by atoms with Crippen LogP contribution in [0.15, 0.2) is 17.2 Å². The van der Waals surface area contributed by atoms with Crippen LogP contribution in [0.4, 0.5) is 5.82 Å². The van der Waals surface area contributed by atoms with Gasteiger partial charge in [0.2, 0.25) is 0 Å². The lowest BCUT2D eigenvalue weighted by Crippen LogP contribution is -2.42. The zero-order valence-electron chi connectivity index (χ0n) is 22.0. The fraction of sp³-hybridized carbons (Fsp3) is 0.759. The number of nitrogens with one attached hydrogen (secondary N) is 1. The van der Waals surface area contributed by atoms with Gasteiger partial charge in [0.15, 0.2) is 0 Å². The molecule has 5 fully saturated rings. The zero-order chi connectivity index (χ0) is 25.6. The van der Waals surface area contributed by atoms with Crippen molar-refractivity contribution in [2.24, 2.45) is 23.7 Å². The molecule has 5 aliphatic rings. The molecule has 37 heavy (non-hydrogen) atoms. The number of esters is 1. The van der Waals surface area contributed by atoms with Gasteiger partial charge in [0.1, 0.15) is 10.8 Å². The van der Waals surface area contributed by atoms with E-state index >= 15 is 0 Å². The number of carbonyl (C=O) groups excluding carboxylic acids is 2. The van der Waals surface area contributed by atoms with Gasteiger partial charge in [-0.3, -0.25) is 9.59 Å². The van der Waals surface area contributed by atoms with E-state index in [9.17, 15) is 14.7 Å². The van der Waals surface area contributed by atoms with Gasteiger partial charge in [-0.1, -0.05) is 12.8 Å². The summed E-state index contributed by atoms with van der Waals surface area (Å²) < 4.78 is 4.86. The molecule has 4 saturated carbocycles. The van der Waals surface area contributed by atoms with Gasteiger partial charge >= 0.3 is 5.97 Å². The molecule has 1 aromatic rings. The minimum absolute atomic E-state index is 0.0113. The van der Waals surface area contributed by atoms with Crippen molar-refractivity contribution in [3.8, 4) is 0 Å². The van der Waals surface area contributed by atoms with Crippen molar-refractivity contribution >= 4 is 29.5 Å². The smallest absolute Gasteiger partial charge is 0.305 e. The van der Waals surface area contributed by atoms with E-state index in [4.69, 9.17) is 9.72 Å². The number of rotatable bonds is 7. The molecule has 4 aliphatic carbocycles. The first kappa shape index (κ1) is 25.5. The Bertz CT molecular complexity index is 1030. The highest BCUT2D eigenvalue weighted by molar-refractivity contribution is 7.99. The summed E-state index contributed by atoms with van der Waals surface area (Å²) in [6, 6.07) is 4.09. The van der Waals surface area contributed by atoms with Crippen molar-refractivity contribution in [1.82, 2.24) is 10.3 Å². The maximum absolute atomic E-state index is 13.7. The lowest BCUT2D eigenvalue weighted by atomic mass is 9.77. The first-order valence-electron chi connectivity index (χ1n) is 14.4. The van der Waals surface area contributed by atoms with Crippen LogP contribution in [0.1, 0.15) is 87.4 Å². The number of amides is 1. The van der Waals surface area contributed by atoms with Gasteiger partial charge in [-0.2, -0.15) is 0 Å². The number of hydrogen-bond acceptors (Lipinski definition) is 7. The number of pyridine rings is 1. The maximum Gasteiger partial charge on any atom is 0.305 e. The van der Waals surface area contributed by atoms with E-state index in [0.717, 1.165) is 62.5 Å². The fourth-order valence-electron chi connectivity index (χ4n) is 8.11. The van der Waals surface area contributed by atoms with Gasteiger partial charge in [-0.25, -0.2) is 4.98 Å². The van der Waals surface area contributed by atoms with E-state index in [0.29, 0.717) is 35.0 Å². The largest absolute Gasteiger partial charge is 0.469 e. The van der Waals surface area contributed by atoms with Gasteiger partial charge in [0.05, 0.1) is 24.7 Å². The van der Waals surface area contributed by atoms with Crippen LogP contribution in [-0.2, 0) is 9.53 Å². The topological polar surface area (TPSA) is 91.8 Å². The van der Waals surface area contributed by atoms with Crippen molar-refractivity contribution in [1.29, 1.82) is 0 Å². The molecule has 202 valence electrons. The first-order chi connectivity index (χ1) is 17.9. The van der Waals surface area contributed by atoms with Crippen LogP contribution in [0, 0.1) is 23.7 Å². The molecule has 2 heterocycles. The van der Waals surface area contributed by atoms with Crippen LogP contribution < -0.4 is 10.2 Å². The summed E-state index contributed by atoms with van der Waals surface area (Å²) in [5, 5.41) is 15.8. The van der Waals surface area contributed by atoms with Crippen LogP contribution in [-0.4, -0.2) is 59.1 Å². The predicted octanol–water partition coefficient (Wildman–Crippen LogP) is 4.57. The third-order valence-corrected chi connectivity index (χ3v) is 11.2. The van der Waals surface area contributed by atoms with E-state index in [1.807, 2.05) is 12.1 Å². The molecular formula is C29H41N3O4S. The van der Waals surface area contributed by atoms with Crippen molar-refractivity contribution in [2.75, 3.05) is 25.1 Å². The molecule has 3 unspecified atom stereocenters. The number of anilines is 1. The molecule has 3 bridgehead atoms. The fourth-order valence-corrected chi connectivity index (χ4v) is 9.43. The lowest BCUT2D eigenvalue weighted by molar-refractivity contribution is -0.141. The molecule has 8 heteroatoms. The van der Waals surface area contributed by atoms with Crippen LogP contribution in [0.3, 0.4) is 0 Å². The zero-order valence-corrected chi connectivity index (χ0v) is 22.8. The molecule has 1 amide bonds. The number of aromatic nitrogens is 1. The molecule has 0 spiro atoms. The molecule has 1 saturated heterocycles. The van der Waals surface area contributed by atoms with Crippen LogP contribution in [0.5, 0.6) is 0 Å². The van der Waals surface area contributed by atoms with Gasteiger partial charge in [0, 0.05) is 24.4 Å². The third-order valence-electron chi connectivity index (χ3n) is 9.85. The van der Waals surface area contributed by atoms with Crippen LogP contribution in [0.2, 0.25) is 0 Å². The number of thioether (sulfide) groups is 1. The molecule has 2 N–H and O–H groups in total. The molecule has 6 rings (SSSR count). The molecule has 0 radical (unpaired) electrons. The summed E-state index contributed by atoms with van der Waals surface area (Å²) in [5.74, 6) is 2.54.